The minimum absolute atomic E-state index is 0.308. The highest BCUT2D eigenvalue weighted by molar-refractivity contribution is 5.79. The van der Waals surface area contributed by atoms with Gasteiger partial charge in [0.2, 0.25) is 0 Å². The number of hydrogen-bond acceptors (Lipinski definition) is 3. The van der Waals surface area contributed by atoms with Gasteiger partial charge in [-0.15, -0.1) is 0 Å². The van der Waals surface area contributed by atoms with Crippen LogP contribution in [0, 0.1) is 6.92 Å². The minimum Gasteiger partial charge on any atom is -0.480 e. The summed E-state index contributed by atoms with van der Waals surface area (Å²) >= 11 is 0. The van der Waals surface area contributed by atoms with Crippen LogP contribution in [0.1, 0.15) is 11.4 Å². The number of aryl methyl sites for hydroxylation is 2. The standard InChI is InChI=1S/C9H14N4O3/c1-6-3-7(13(2)12-6)4-10-9(16)11-5-8(14)15/h3H,4-5H2,1-2H3,(H,14,15)(H2,10,11,16). The molecule has 2 amide bonds. The van der Waals surface area contributed by atoms with Crippen LogP contribution in [0.5, 0.6) is 0 Å². The van der Waals surface area contributed by atoms with Crippen LogP contribution < -0.4 is 10.6 Å². The molecule has 0 saturated carbocycles. The number of rotatable bonds is 4. The first-order valence-electron chi connectivity index (χ1n) is 4.72. The van der Waals surface area contributed by atoms with Gasteiger partial charge < -0.3 is 15.7 Å². The average Bonchev–Trinajstić information content (AvgIpc) is 2.51. The summed E-state index contributed by atoms with van der Waals surface area (Å²) < 4.78 is 1.66. The Morgan fingerprint density at radius 1 is 1.50 bits per heavy atom. The average molecular weight is 226 g/mol. The summed E-state index contributed by atoms with van der Waals surface area (Å²) in [5, 5.41) is 17.2. The Balaban J connectivity index is 2.37. The molecule has 0 bridgehead atoms. The molecule has 0 spiro atoms. The maximum absolute atomic E-state index is 11.1. The van der Waals surface area contributed by atoms with E-state index in [0.29, 0.717) is 6.54 Å². The smallest absolute Gasteiger partial charge is 0.323 e. The second kappa shape index (κ2) is 5.15. The third kappa shape index (κ3) is 3.60. The molecule has 0 aliphatic rings. The molecule has 1 heterocycles. The maximum Gasteiger partial charge on any atom is 0.323 e. The lowest BCUT2D eigenvalue weighted by molar-refractivity contribution is -0.135. The Bertz CT molecular complexity index is 399. The summed E-state index contributed by atoms with van der Waals surface area (Å²) in [5.41, 5.74) is 1.72. The van der Waals surface area contributed by atoms with Crippen LogP contribution in [-0.2, 0) is 18.4 Å². The van der Waals surface area contributed by atoms with E-state index in [1.165, 1.54) is 0 Å². The molecule has 0 aliphatic heterocycles. The van der Waals surface area contributed by atoms with E-state index in [1.807, 2.05) is 13.0 Å². The Labute approximate surface area is 92.4 Å². The van der Waals surface area contributed by atoms with Gasteiger partial charge >= 0.3 is 12.0 Å². The normalized spacial score (nSPS) is 9.88. The van der Waals surface area contributed by atoms with E-state index < -0.39 is 18.5 Å². The number of carboxylic acids is 1. The zero-order chi connectivity index (χ0) is 12.1. The van der Waals surface area contributed by atoms with E-state index in [1.54, 1.807) is 11.7 Å². The summed E-state index contributed by atoms with van der Waals surface area (Å²) in [6, 6.07) is 1.33. The third-order valence-electron chi connectivity index (χ3n) is 1.93. The van der Waals surface area contributed by atoms with Crippen LogP contribution >= 0.6 is 0 Å². The fourth-order valence-corrected chi connectivity index (χ4v) is 1.22. The van der Waals surface area contributed by atoms with Crippen molar-refractivity contribution in [2.75, 3.05) is 6.54 Å². The second-order valence-electron chi connectivity index (χ2n) is 3.33. The fourth-order valence-electron chi connectivity index (χ4n) is 1.22. The molecule has 1 aromatic heterocycles. The van der Waals surface area contributed by atoms with Crippen molar-refractivity contribution in [3.05, 3.63) is 17.5 Å². The van der Waals surface area contributed by atoms with Gasteiger partial charge in [0.05, 0.1) is 17.9 Å². The van der Waals surface area contributed by atoms with E-state index >= 15 is 0 Å². The zero-order valence-electron chi connectivity index (χ0n) is 9.15. The third-order valence-corrected chi connectivity index (χ3v) is 1.93. The van der Waals surface area contributed by atoms with E-state index in [4.69, 9.17) is 5.11 Å². The summed E-state index contributed by atoms with van der Waals surface area (Å²) in [5.74, 6) is -1.08. The molecule has 0 fully saturated rings. The molecule has 0 aromatic carbocycles. The number of urea groups is 1. The Kier molecular flexibility index (Phi) is 3.87. The van der Waals surface area contributed by atoms with E-state index in [-0.39, 0.29) is 0 Å². The largest absolute Gasteiger partial charge is 0.480 e. The predicted molar refractivity (Wildman–Crippen MR) is 55.8 cm³/mol. The van der Waals surface area contributed by atoms with Crippen molar-refractivity contribution in [3.63, 3.8) is 0 Å². The van der Waals surface area contributed by atoms with Gasteiger partial charge in [-0.25, -0.2) is 4.79 Å². The van der Waals surface area contributed by atoms with Gasteiger partial charge in [0.15, 0.2) is 0 Å². The van der Waals surface area contributed by atoms with Crippen molar-refractivity contribution in [3.8, 4) is 0 Å². The van der Waals surface area contributed by atoms with Crippen molar-refractivity contribution in [1.29, 1.82) is 0 Å². The highest BCUT2D eigenvalue weighted by atomic mass is 16.4. The number of carbonyl (C=O) groups excluding carboxylic acids is 1. The van der Waals surface area contributed by atoms with Crippen LogP contribution in [-0.4, -0.2) is 33.4 Å². The van der Waals surface area contributed by atoms with Gasteiger partial charge in [0, 0.05) is 7.05 Å². The number of nitrogens with zero attached hydrogens (tertiary/aromatic N) is 2. The highest BCUT2D eigenvalue weighted by Gasteiger charge is 2.05. The Hall–Kier alpha value is -2.05. The van der Waals surface area contributed by atoms with Crippen LogP contribution in [0.15, 0.2) is 6.07 Å². The lowest BCUT2D eigenvalue weighted by Gasteiger charge is -2.05. The first-order chi connectivity index (χ1) is 7.49. The summed E-state index contributed by atoms with van der Waals surface area (Å²) in [4.78, 5) is 21.3. The molecule has 88 valence electrons. The quantitative estimate of drug-likeness (QED) is 0.651. The summed E-state index contributed by atoms with van der Waals surface area (Å²) in [6.07, 6.45) is 0. The SMILES string of the molecule is Cc1cc(CNC(=O)NCC(=O)O)n(C)n1. The molecule has 7 heteroatoms. The van der Waals surface area contributed by atoms with Crippen LogP contribution in [0.2, 0.25) is 0 Å². The van der Waals surface area contributed by atoms with Crippen molar-refractivity contribution < 1.29 is 14.7 Å². The van der Waals surface area contributed by atoms with Crippen molar-refractivity contribution >= 4 is 12.0 Å². The number of carbonyl (C=O) groups is 2. The number of nitrogens with one attached hydrogen (secondary N) is 2. The van der Waals surface area contributed by atoms with Gasteiger partial charge in [0.25, 0.3) is 0 Å². The van der Waals surface area contributed by atoms with Crippen LogP contribution in [0.25, 0.3) is 0 Å². The van der Waals surface area contributed by atoms with Crippen LogP contribution in [0.3, 0.4) is 0 Å². The molecule has 0 radical (unpaired) electrons. The van der Waals surface area contributed by atoms with Gasteiger partial charge in [-0.3, -0.25) is 9.48 Å². The topological polar surface area (TPSA) is 96.3 Å². The first-order valence-corrected chi connectivity index (χ1v) is 4.72. The molecule has 3 N–H and O–H groups in total. The summed E-state index contributed by atoms with van der Waals surface area (Å²) in [6.45, 7) is 1.77. The van der Waals surface area contributed by atoms with Crippen LogP contribution in [0.4, 0.5) is 4.79 Å². The number of hydrogen-bond donors (Lipinski definition) is 3. The molecule has 0 unspecified atom stereocenters. The van der Waals surface area contributed by atoms with Gasteiger partial charge in [-0.05, 0) is 13.0 Å². The number of amides is 2. The Morgan fingerprint density at radius 3 is 2.69 bits per heavy atom. The minimum atomic E-state index is -1.08. The van der Waals surface area contributed by atoms with E-state index in [0.717, 1.165) is 11.4 Å². The molecule has 7 nitrogen and oxygen atoms in total. The molecule has 1 aromatic rings. The lowest BCUT2D eigenvalue weighted by Crippen LogP contribution is -2.38. The summed E-state index contributed by atoms with van der Waals surface area (Å²) in [7, 11) is 1.78. The predicted octanol–water partition coefficient (Wildman–Crippen LogP) is -0.388. The monoisotopic (exact) mass is 226 g/mol. The van der Waals surface area contributed by atoms with Crippen molar-refractivity contribution in [2.45, 2.75) is 13.5 Å². The molecule has 0 aliphatic carbocycles. The van der Waals surface area contributed by atoms with E-state index in [9.17, 15) is 9.59 Å². The second-order valence-corrected chi connectivity index (χ2v) is 3.33. The number of carboxylic acid groups (broad SMARTS) is 1. The van der Waals surface area contributed by atoms with Gasteiger partial charge in [-0.2, -0.15) is 5.10 Å². The molecular formula is C9H14N4O3. The number of aromatic nitrogens is 2. The van der Waals surface area contributed by atoms with Gasteiger partial charge in [0.1, 0.15) is 6.54 Å². The van der Waals surface area contributed by atoms with Gasteiger partial charge in [-0.1, -0.05) is 0 Å². The molecule has 0 saturated heterocycles. The van der Waals surface area contributed by atoms with Crippen molar-refractivity contribution in [2.24, 2.45) is 7.05 Å². The highest BCUT2D eigenvalue weighted by Crippen LogP contribution is 2.00. The molecule has 1 rings (SSSR count). The fraction of sp³-hybridized carbons (Fsp3) is 0.444. The zero-order valence-corrected chi connectivity index (χ0v) is 9.15. The van der Waals surface area contributed by atoms with E-state index in [2.05, 4.69) is 15.7 Å². The lowest BCUT2D eigenvalue weighted by atomic mass is 10.4. The molecule has 16 heavy (non-hydrogen) atoms. The molecular weight excluding hydrogens is 212 g/mol. The first kappa shape index (κ1) is 12.0. The Morgan fingerprint density at radius 2 is 2.19 bits per heavy atom. The number of aliphatic carboxylic acids is 1. The molecule has 0 atom stereocenters. The maximum atomic E-state index is 11.1. The van der Waals surface area contributed by atoms with Crippen molar-refractivity contribution in [1.82, 2.24) is 20.4 Å².